The molecule has 4 rings (SSSR count). The van der Waals surface area contributed by atoms with Crippen LogP contribution in [0.25, 0.3) is 5.69 Å². The molecule has 1 atom stereocenters. The van der Waals surface area contributed by atoms with E-state index >= 15 is 0 Å². The van der Waals surface area contributed by atoms with E-state index in [1.165, 1.54) is 10.7 Å². The van der Waals surface area contributed by atoms with E-state index in [9.17, 15) is 19.1 Å². The van der Waals surface area contributed by atoms with Gasteiger partial charge in [-0.3, -0.25) is 0 Å². The third kappa shape index (κ3) is 3.25. The van der Waals surface area contributed by atoms with E-state index in [0.29, 0.717) is 6.42 Å². The number of halogens is 2. The van der Waals surface area contributed by atoms with Gasteiger partial charge in [-0.25, -0.2) is 27.9 Å². The Hall–Kier alpha value is -2.84. The lowest BCUT2D eigenvalue weighted by molar-refractivity contribution is 0.0976. The Balaban J connectivity index is 1.75. The summed E-state index contributed by atoms with van der Waals surface area (Å²) in [6.07, 6.45) is -0.384. The van der Waals surface area contributed by atoms with Gasteiger partial charge in [-0.15, -0.1) is 0 Å². The van der Waals surface area contributed by atoms with Gasteiger partial charge in [0.1, 0.15) is 18.2 Å². The van der Waals surface area contributed by atoms with Crippen molar-refractivity contribution in [1.29, 1.82) is 0 Å². The SMILES string of the molecule is O=c1n(-c2cc(OCc3ccccc3)c(Cl)cc2F)c(=O)n2n1CCC(O)C2. The Bertz CT molecular complexity index is 1140. The summed E-state index contributed by atoms with van der Waals surface area (Å²) in [6.45, 7) is 0.348. The minimum absolute atomic E-state index is 0.0202. The zero-order valence-electron chi connectivity index (χ0n) is 14.7. The minimum Gasteiger partial charge on any atom is -0.487 e. The molecule has 146 valence electrons. The molecule has 2 heterocycles. The Morgan fingerprint density at radius 1 is 1.14 bits per heavy atom. The monoisotopic (exact) mass is 405 g/mol. The van der Waals surface area contributed by atoms with Gasteiger partial charge in [0.05, 0.1) is 23.4 Å². The summed E-state index contributed by atoms with van der Waals surface area (Å²) in [5, 5.41) is 9.80. The lowest BCUT2D eigenvalue weighted by atomic mass is 10.2. The van der Waals surface area contributed by atoms with Crippen molar-refractivity contribution in [2.24, 2.45) is 0 Å². The van der Waals surface area contributed by atoms with Crippen LogP contribution in [0.2, 0.25) is 5.02 Å². The topological polar surface area (TPSA) is 78.4 Å². The smallest absolute Gasteiger partial charge is 0.351 e. The largest absolute Gasteiger partial charge is 0.487 e. The fourth-order valence-electron chi connectivity index (χ4n) is 3.22. The lowest BCUT2D eigenvalue weighted by Gasteiger charge is -2.19. The van der Waals surface area contributed by atoms with Crippen LogP contribution in [0.1, 0.15) is 12.0 Å². The molecule has 0 spiro atoms. The second-order valence-corrected chi connectivity index (χ2v) is 6.96. The molecule has 1 aromatic heterocycles. The van der Waals surface area contributed by atoms with Crippen molar-refractivity contribution in [2.45, 2.75) is 32.2 Å². The number of hydrogen-bond acceptors (Lipinski definition) is 4. The van der Waals surface area contributed by atoms with Gasteiger partial charge >= 0.3 is 11.4 Å². The Labute approximate surface area is 163 Å². The average molecular weight is 406 g/mol. The summed E-state index contributed by atoms with van der Waals surface area (Å²) in [5.41, 5.74) is -0.757. The van der Waals surface area contributed by atoms with Crippen molar-refractivity contribution < 1.29 is 14.2 Å². The summed E-state index contributed by atoms with van der Waals surface area (Å²) < 4.78 is 23.3. The Morgan fingerprint density at radius 2 is 1.86 bits per heavy atom. The standard InChI is InChI=1S/C19H17ClFN3O4/c20-14-8-15(21)16(9-17(14)28-11-12-4-2-1-3-5-12)24-18(26)22-7-6-13(25)10-23(22)19(24)27/h1-5,8-9,13,25H,6-7,10-11H2. The van der Waals surface area contributed by atoms with Crippen LogP contribution < -0.4 is 16.1 Å². The first-order chi connectivity index (χ1) is 13.5. The molecule has 0 bridgehead atoms. The number of ether oxygens (including phenoxy) is 1. The second kappa shape index (κ2) is 7.29. The van der Waals surface area contributed by atoms with Crippen molar-refractivity contribution in [2.75, 3.05) is 0 Å². The van der Waals surface area contributed by atoms with E-state index in [0.717, 1.165) is 20.9 Å². The number of rotatable bonds is 4. The first kappa shape index (κ1) is 18.5. The molecular weight excluding hydrogens is 389 g/mol. The summed E-state index contributed by atoms with van der Waals surface area (Å²) in [5.74, 6) is -0.664. The summed E-state index contributed by atoms with van der Waals surface area (Å²) >= 11 is 6.08. The van der Waals surface area contributed by atoms with E-state index in [1.54, 1.807) is 0 Å². The molecule has 0 saturated heterocycles. The zero-order valence-corrected chi connectivity index (χ0v) is 15.5. The highest BCUT2D eigenvalue weighted by atomic mass is 35.5. The molecule has 2 aromatic carbocycles. The van der Waals surface area contributed by atoms with Crippen LogP contribution in [0.4, 0.5) is 4.39 Å². The van der Waals surface area contributed by atoms with E-state index < -0.39 is 23.3 Å². The molecule has 0 saturated carbocycles. The van der Waals surface area contributed by atoms with Gasteiger partial charge in [-0.2, -0.15) is 0 Å². The van der Waals surface area contributed by atoms with Gasteiger partial charge < -0.3 is 9.84 Å². The highest BCUT2D eigenvalue weighted by Gasteiger charge is 2.25. The molecule has 1 unspecified atom stereocenters. The van der Waals surface area contributed by atoms with Crippen LogP contribution in [0.3, 0.4) is 0 Å². The van der Waals surface area contributed by atoms with E-state index in [-0.39, 0.29) is 36.2 Å². The molecule has 7 nitrogen and oxygen atoms in total. The van der Waals surface area contributed by atoms with Crippen LogP contribution in [-0.2, 0) is 19.7 Å². The van der Waals surface area contributed by atoms with Crippen LogP contribution in [0.15, 0.2) is 52.1 Å². The molecule has 0 radical (unpaired) electrons. The van der Waals surface area contributed by atoms with Crippen molar-refractivity contribution in [1.82, 2.24) is 13.9 Å². The molecule has 0 aliphatic carbocycles. The maximum absolute atomic E-state index is 14.6. The zero-order chi connectivity index (χ0) is 19.8. The third-order valence-corrected chi connectivity index (χ3v) is 4.95. The first-order valence-corrected chi connectivity index (χ1v) is 9.10. The highest BCUT2D eigenvalue weighted by Crippen LogP contribution is 2.29. The maximum Gasteiger partial charge on any atom is 0.351 e. The van der Waals surface area contributed by atoms with Crippen molar-refractivity contribution in [3.8, 4) is 11.4 Å². The number of nitrogens with zero attached hydrogens (tertiary/aromatic N) is 3. The normalized spacial score (nSPS) is 16.0. The molecule has 1 aliphatic rings. The highest BCUT2D eigenvalue weighted by molar-refractivity contribution is 6.32. The van der Waals surface area contributed by atoms with E-state index in [1.807, 2.05) is 30.3 Å². The summed E-state index contributed by atoms with van der Waals surface area (Å²) in [7, 11) is 0. The molecule has 0 amide bonds. The number of aliphatic hydroxyl groups is 1. The Morgan fingerprint density at radius 3 is 2.61 bits per heavy atom. The second-order valence-electron chi connectivity index (χ2n) is 6.56. The number of aromatic nitrogens is 3. The van der Waals surface area contributed by atoms with Crippen molar-refractivity contribution >= 4 is 11.6 Å². The fourth-order valence-corrected chi connectivity index (χ4v) is 3.42. The van der Waals surface area contributed by atoms with Crippen LogP contribution >= 0.6 is 11.6 Å². The van der Waals surface area contributed by atoms with Crippen molar-refractivity contribution in [3.63, 3.8) is 0 Å². The fraction of sp³-hybridized carbons (Fsp3) is 0.263. The van der Waals surface area contributed by atoms with Gasteiger partial charge in [-0.1, -0.05) is 41.9 Å². The first-order valence-electron chi connectivity index (χ1n) is 8.72. The van der Waals surface area contributed by atoms with Gasteiger partial charge in [-0.05, 0) is 18.1 Å². The number of benzene rings is 2. The predicted molar refractivity (Wildman–Crippen MR) is 101 cm³/mol. The molecule has 1 N–H and O–H groups in total. The average Bonchev–Trinajstić information content (AvgIpc) is 2.92. The molecule has 0 fully saturated rings. The number of aliphatic hydroxyl groups excluding tert-OH is 1. The van der Waals surface area contributed by atoms with Crippen LogP contribution in [0, 0.1) is 5.82 Å². The lowest BCUT2D eigenvalue weighted by Crippen LogP contribution is -2.37. The molecule has 28 heavy (non-hydrogen) atoms. The Kier molecular flexibility index (Phi) is 4.82. The van der Waals surface area contributed by atoms with Gasteiger partial charge in [0, 0.05) is 12.6 Å². The third-order valence-electron chi connectivity index (χ3n) is 4.65. The van der Waals surface area contributed by atoms with Crippen molar-refractivity contribution in [3.05, 3.63) is 79.8 Å². The van der Waals surface area contributed by atoms with Gasteiger partial charge in [0.2, 0.25) is 0 Å². The minimum atomic E-state index is -0.819. The van der Waals surface area contributed by atoms with Crippen LogP contribution in [0.5, 0.6) is 5.75 Å². The van der Waals surface area contributed by atoms with E-state index in [2.05, 4.69) is 0 Å². The van der Waals surface area contributed by atoms with Crippen LogP contribution in [-0.4, -0.2) is 25.1 Å². The quantitative estimate of drug-likeness (QED) is 0.719. The van der Waals surface area contributed by atoms with Gasteiger partial charge in [0.25, 0.3) is 0 Å². The summed E-state index contributed by atoms with van der Waals surface area (Å²) in [6, 6.07) is 11.6. The number of fused-ring (bicyclic) bond motifs is 1. The number of hydrogen-bond donors (Lipinski definition) is 1. The predicted octanol–water partition coefficient (Wildman–Crippen LogP) is 1.94. The van der Waals surface area contributed by atoms with E-state index in [4.69, 9.17) is 16.3 Å². The molecule has 9 heteroatoms. The molecular formula is C19H17ClFN3O4. The summed E-state index contributed by atoms with van der Waals surface area (Å²) in [4.78, 5) is 25.3. The van der Waals surface area contributed by atoms with Gasteiger partial charge in [0.15, 0.2) is 0 Å². The maximum atomic E-state index is 14.6. The molecule has 1 aliphatic heterocycles. The molecule has 3 aromatic rings.